The summed E-state index contributed by atoms with van der Waals surface area (Å²) in [5.74, 6) is -0.846. The summed E-state index contributed by atoms with van der Waals surface area (Å²) in [6.45, 7) is 1.93. The maximum Gasteiger partial charge on any atom is 0.321 e. The van der Waals surface area contributed by atoms with Crippen LogP contribution >= 0.6 is 11.3 Å². The van der Waals surface area contributed by atoms with Gasteiger partial charge < -0.3 is 10.4 Å². The Hall–Kier alpha value is -1.70. The van der Waals surface area contributed by atoms with E-state index in [1.54, 1.807) is 6.92 Å². The number of rotatable bonds is 4. The van der Waals surface area contributed by atoms with Crippen molar-refractivity contribution in [1.82, 2.24) is 15.5 Å². The molecule has 1 aromatic rings. The lowest BCUT2D eigenvalue weighted by atomic mass is 9.69. The third-order valence-corrected chi connectivity index (χ3v) is 3.85. The van der Waals surface area contributed by atoms with Crippen molar-refractivity contribution in [3.63, 3.8) is 0 Å². The van der Waals surface area contributed by atoms with Crippen LogP contribution in [0.15, 0.2) is 0 Å². The van der Waals surface area contributed by atoms with E-state index in [1.165, 1.54) is 11.3 Å². The van der Waals surface area contributed by atoms with Crippen LogP contribution in [0.3, 0.4) is 0 Å². The molecule has 0 unspecified atom stereocenters. The lowest BCUT2D eigenvalue weighted by molar-refractivity contribution is -0.153. The van der Waals surface area contributed by atoms with E-state index in [-0.39, 0.29) is 6.54 Å². The molecular formula is C10H14N4O3S. The molecule has 0 spiro atoms. The molecule has 0 bridgehead atoms. The highest BCUT2D eigenvalue weighted by Crippen LogP contribution is 2.40. The van der Waals surface area contributed by atoms with Crippen LogP contribution in [0.25, 0.3) is 0 Å². The zero-order valence-electron chi connectivity index (χ0n) is 9.89. The standard InChI is InChI=1S/C10H14N4O3S/c1-6-13-14-9(18-6)12-8(17)11-5-10(7(15)16)3-2-4-10/h2-5H2,1H3,(H,15,16)(H2,11,12,14,17). The second-order valence-electron chi connectivity index (χ2n) is 4.37. The second-order valence-corrected chi connectivity index (χ2v) is 5.55. The fourth-order valence-corrected chi connectivity index (χ4v) is 2.39. The van der Waals surface area contributed by atoms with Gasteiger partial charge in [-0.3, -0.25) is 10.1 Å². The Morgan fingerprint density at radius 3 is 2.61 bits per heavy atom. The number of nitrogens with zero attached hydrogens (tertiary/aromatic N) is 2. The van der Waals surface area contributed by atoms with Crippen molar-refractivity contribution in [2.45, 2.75) is 26.2 Å². The number of carboxylic acid groups (broad SMARTS) is 1. The first kappa shape index (κ1) is 12.7. The number of carboxylic acids is 1. The van der Waals surface area contributed by atoms with Crippen molar-refractivity contribution in [2.24, 2.45) is 5.41 Å². The van der Waals surface area contributed by atoms with Gasteiger partial charge in [-0.2, -0.15) is 0 Å². The van der Waals surface area contributed by atoms with E-state index in [0.29, 0.717) is 18.0 Å². The number of aromatic nitrogens is 2. The number of carbonyl (C=O) groups is 2. The summed E-state index contributed by atoms with van der Waals surface area (Å²) in [4.78, 5) is 22.6. The highest BCUT2D eigenvalue weighted by molar-refractivity contribution is 7.15. The molecule has 0 radical (unpaired) electrons. The summed E-state index contributed by atoms with van der Waals surface area (Å²) in [5.41, 5.74) is -0.783. The highest BCUT2D eigenvalue weighted by Gasteiger charge is 2.44. The molecule has 1 aromatic heterocycles. The second kappa shape index (κ2) is 4.89. The molecule has 1 aliphatic rings. The van der Waals surface area contributed by atoms with Gasteiger partial charge in [-0.25, -0.2) is 4.79 Å². The first-order chi connectivity index (χ1) is 8.52. The van der Waals surface area contributed by atoms with E-state index in [1.807, 2.05) is 0 Å². The summed E-state index contributed by atoms with van der Waals surface area (Å²) in [6, 6.07) is -0.446. The topological polar surface area (TPSA) is 104 Å². The predicted octanol–water partition coefficient (Wildman–Crippen LogP) is 1.22. The van der Waals surface area contributed by atoms with Crippen molar-refractivity contribution in [3.05, 3.63) is 5.01 Å². The Kier molecular flexibility index (Phi) is 3.46. The van der Waals surface area contributed by atoms with Gasteiger partial charge in [-0.05, 0) is 19.8 Å². The Labute approximate surface area is 108 Å². The maximum absolute atomic E-state index is 11.6. The Morgan fingerprint density at radius 1 is 1.44 bits per heavy atom. The van der Waals surface area contributed by atoms with E-state index in [0.717, 1.165) is 11.4 Å². The number of nitrogens with one attached hydrogen (secondary N) is 2. The molecule has 1 aliphatic carbocycles. The average molecular weight is 270 g/mol. The predicted molar refractivity (Wildman–Crippen MR) is 65.6 cm³/mol. The summed E-state index contributed by atoms with van der Waals surface area (Å²) < 4.78 is 0. The zero-order chi connectivity index (χ0) is 13.2. The van der Waals surface area contributed by atoms with Crippen LogP contribution in [0.4, 0.5) is 9.93 Å². The third-order valence-electron chi connectivity index (χ3n) is 3.10. The van der Waals surface area contributed by atoms with Crippen molar-refractivity contribution in [1.29, 1.82) is 0 Å². The molecule has 2 rings (SSSR count). The Balaban J connectivity index is 1.83. The maximum atomic E-state index is 11.6. The number of aliphatic carboxylic acids is 1. The fourth-order valence-electron chi connectivity index (χ4n) is 1.81. The van der Waals surface area contributed by atoms with E-state index < -0.39 is 17.4 Å². The molecule has 18 heavy (non-hydrogen) atoms. The van der Waals surface area contributed by atoms with Crippen molar-refractivity contribution < 1.29 is 14.7 Å². The van der Waals surface area contributed by atoms with Gasteiger partial charge in [-0.15, -0.1) is 10.2 Å². The summed E-state index contributed by atoms with van der Waals surface area (Å²) in [7, 11) is 0. The molecule has 0 saturated heterocycles. The molecule has 0 aromatic carbocycles. The number of carbonyl (C=O) groups excluding carboxylic acids is 1. The molecule has 0 aliphatic heterocycles. The average Bonchev–Trinajstić information content (AvgIpc) is 2.61. The molecule has 1 saturated carbocycles. The lowest BCUT2D eigenvalue weighted by Crippen LogP contribution is -2.48. The van der Waals surface area contributed by atoms with E-state index in [9.17, 15) is 9.59 Å². The number of hydrogen-bond acceptors (Lipinski definition) is 5. The van der Waals surface area contributed by atoms with Crippen LogP contribution in [-0.2, 0) is 4.79 Å². The number of aryl methyl sites for hydroxylation is 1. The largest absolute Gasteiger partial charge is 0.481 e. The fraction of sp³-hybridized carbons (Fsp3) is 0.600. The van der Waals surface area contributed by atoms with Gasteiger partial charge >= 0.3 is 12.0 Å². The van der Waals surface area contributed by atoms with E-state index >= 15 is 0 Å². The molecule has 1 fully saturated rings. The number of urea groups is 1. The molecule has 98 valence electrons. The van der Waals surface area contributed by atoms with Gasteiger partial charge in [0.1, 0.15) is 5.01 Å². The molecular weight excluding hydrogens is 256 g/mol. The van der Waals surface area contributed by atoms with Crippen LogP contribution in [0.5, 0.6) is 0 Å². The summed E-state index contributed by atoms with van der Waals surface area (Å²) in [5, 5.41) is 22.9. The molecule has 2 amide bonds. The normalized spacial score (nSPS) is 16.7. The summed E-state index contributed by atoms with van der Waals surface area (Å²) >= 11 is 1.26. The minimum atomic E-state index is -0.846. The highest BCUT2D eigenvalue weighted by atomic mass is 32.1. The van der Waals surface area contributed by atoms with Crippen molar-refractivity contribution in [3.8, 4) is 0 Å². The number of hydrogen-bond donors (Lipinski definition) is 3. The van der Waals surface area contributed by atoms with Crippen LogP contribution in [0.1, 0.15) is 24.3 Å². The Bertz CT molecular complexity index is 469. The van der Waals surface area contributed by atoms with Gasteiger partial charge in [0.2, 0.25) is 5.13 Å². The van der Waals surface area contributed by atoms with Gasteiger partial charge in [0, 0.05) is 6.54 Å². The number of anilines is 1. The van der Waals surface area contributed by atoms with Gasteiger partial charge in [0.05, 0.1) is 5.41 Å². The van der Waals surface area contributed by atoms with E-state index in [2.05, 4.69) is 20.8 Å². The van der Waals surface area contributed by atoms with Crippen LogP contribution in [0.2, 0.25) is 0 Å². The van der Waals surface area contributed by atoms with Crippen LogP contribution in [0, 0.1) is 12.3 Å². The number of amides is 2. The minimum Gasteiger partial charge on any atom is -0.481 e. The van der Waals surface area contributed by atoms with Gasteiger partial charge in [0.15, 0.2) is 0 Å². The van der Waals surface area contributed by atoms with Crippen LogP contribution in [-0.4, -0.2) is 33.8 Å². The van der Waals surface area contributed by atoms with E-state index in [4.69, 9.17) is 5.11 Å². The lowest BCUT2D eigenvalue weighted by Gasteiger charge is -2.37. The summed E-state index contributed by atoms with van der Waals surface area (Å²) in [6.07, 6.45) is 2.12. The SMILES string of the molecule is Cc1nnc(NC(=O)NCC2(C(=O)O)CCC2)s1. The van der Waals surface area contributed by atoms with Crippen LogP contribution < -0.4 is 10.6 Å². The van der Waals surface area contributed by atoms with Gasteiger partial charge in [0.25, 0.3) is 0 Å². The monoisotopic (exact) mass is 270 g/mol. The molecule has 7 nitrogen and oxygen atoms in total. The molecule has 3 N–H and O–H groups in total. The third kappa shape index (κ3) is 2.58. The Morgan fingerprint density at radius 2 is 2.17 bits per heavy atom. The zero-order valence-corrected chi connectivity index (χ0v) is 10.7. The molecule has 1 heterocycles. The van der Waals surface area contributed by atoms with Gasteiger partial charge in [-0.1, -0.05) is 17.8 Å². The molecule has 8 heteroatoms. The van der Waals surface area contributed by atoms with Crippen molar-refractivity contribution in [2.75, 3.05) is 11.9 Å². The first-order valence-corrected chi connectivity index (χ1v) is 6.42. The molecule has 0 atom stereocenters. The minimum absolute atomic E-state index is 0.145. The van der Waals surface area contributed by atoms with Crippen molar-refractivity contribution >= 4 is 28.5 Å². The smallest absolute Gasteiger partial charge is 0.321 e. The quantitative estimate of drug-likeness (QED) is 0.763. The first-order valence-electron chi connectivity index (χ1n) is 5.60.